The lowest BCUT2D eigenvalue weighted by Gasteiger charge is -2.29. The van der Waals surface area contributed by atoms with Gasteiger partial charge in [-0.05, 0) is 97.9 Å². The fourth-order valence-corrected chi connectivity index (χ4v) is 4.83. The smallest absolute Gasteiger partial charge is 0.270 e. The van der Waals surface area contributed by atoms with E-state index >= 15 is 0 Å². The van der Waals surface area contributed by atoms with Crippen LogP contribution in [0.2, 0.25) is 5.02 Å². The van der Waals surface area contributed by atoms with Crippen LogP contribution in [0.4, 0.5) is 10.1 Å². The molecule has 4 aromatic rings. The van der Waals surface area contributed by atoms with Gasteiger partial charge in [-0.3, -0.25) is 14.9 Å². The number of halogens is 2. The highest BCUT2D eigenvalue weighted by atomic mass is 35.5. The van der Waals surface area contributed by atoms with E-state index in [1.165, 1.54) is 24.3 Å². The van der Waals surface area contributed by atoms with E-state index in [2.05, 4.69) is 5.32 Å². The zero-order valence-electron chi connectivity index (χ0n) is 21.1. The molecule has 2 heterocycles. The first-order valence-corrected chi connectivity index (χ1v) is 12.8. The van der Waals surface area contributed by atoms with Crippen LogP contribution in [0.15, 0.2) is 84.4 Å². The van der Waals surface area contributed by atoms with Crippen molar-refractivity contribution in [3.63, 3.8) is 0 Å². The predicted molar refractivity (Wildman–Crippen MR) is 154 cm³/mol. The molecular formula is C30H23ClFN3O3S. The maximum absolute atomic E-state index is 14.5. The number of aromatic nitrogens is 1. The van der Waals surface area contributed by atoms with Gasteiger partial charge in [-0.25, -0.2) is 9.29 Å². The minimum Gasteiger partial charge on any atom is -0.489 e. The summed E-state index contributed by atoms with van der Waals surface area (Å²) in [5.74, 6) is -1.24. The molecule has 6 nitrogen and oxygen atoms in total. The second-order valence-corrected chi connectivity index (χ2v) is 9.80. The molecule has 9 heteroatoms. The highest BCUT2D eigenvalue weighted by molar-refractivity contribution is 7.80. The monoisotopic (exact) mass is 559 g/mol. The maximum Gasteiger partial charge on any atom is 0.270 e. The number of carbonyl (C=O) groups is 2. The highest BCUT2D eigenvalue weighted by Crippen LogP contribution is 2.28. The second kappa shape index (κ2) is 10.8. The van der Waals surface area contributed by atoms with Crippen molar-refractivity contribution < 1.29 is 18.7 Å². The molecule has 3 aromatic carbocycles. The third kappa shape index (κ3) is 5.34. The molecular weight excluding hydrogens is 537 g/mol. The Morgan fingerprint density at radius 1 is 1.00 bits per heavy atom. The molecule has 0 unspecified atom stereocenters. The van der Waals surface area contributed by atoms with E-state index < -0.39 is 17.6 Å². The number of nitrogens with zero attached hydrogens (tertiary/aromatic N) is 2. The summed E-state index contributed by atoms with van der Waals surface area (Å²) >= 11 is 11.1. The lowest BCUT2D eigenvalue weighted by atomic mass is 10.1. The molecule has 196 valence electrons. The third-order valence-corrected chi connectivity index (χ3v) is 6.92. The summed E-state index contributed by atoms with van der Waals surface area (Å²) in [5.41, 5.74) is 4.13. The van der Waals surface area contributed by atoms with E-state index in [9.17, 15) is 14.0 Å². The number of thiocarbonyl (C=S) groups is 1. The number of anilines is 1. The van der Waals surface area contributed by atoms with E-state index in [-0.39, 0.29) is 16.4 Å². The summed E-state index contributed by atoms with van der Waals surface area (Å²) in [5, 5.41) is 3.00. The van der Waals surface area contributed by atoms with Crippen molar-refractivity contribution in [2.75, 3.05) is 4.90 Å². The first kappa shape index (κ1) is 26.3. The number of para-hydroxylation sites is 1. The Labute approximate surface area is 235 Å². The number of hydrogen-bond acceptors (Lipinski definition) is 4. The summed E-state index contributed by atoms with van der Waals surface area (Å²) in [6.45, 7) is 4.25. The van der Waals surface area contributed by atoms with Crippen LogP contribution in [0.3, 0.4) is 0 Å². The van der Waals surface area contributed by atoms with Crippen molar-refractivity contribution in [2.24, 2.45) is 0 Å². The van der Waals surface area contributed by atoms with Crippen molar-refractivity contribution >= 4 is 52.5 Å². The Hall–Kier alpha value is -4.27. The van der Waals surface area contributed by atoms with Crippen molar-refractivity contribution in [3.05, 3.63) is 118 Å². The van der Waals surface area contributed by atoms with E-state index in [1.54, 1.807) is 6.07 Å². The van der Waals surface area contributed by atoms with Crippen LogP contribution < -0.4 is 15.0 Å². The summed E-state index contributed by atoms with van der Waals surface area (Å²) in [7, 11) is 0. The number of benzene rings is 3. The minimum absolute atomic E-state index is 0.0257. The number of hydrogen-bond donors (Lipinski definition) is 1. The van der Waals surface area contributed by atoms with Gasteiger partial charge in [0.25, 0.3) is 11.8 Å². The molecule has 39 heavy (non-hydrogen) atoms. The first-order chi connectivity index (χ1) is 18.7. The quantitative estimate of drug-likeness (QED) is 0.171. The van der Waals surface area contributed by atoms with Crippen LogP contribution in [0.5, 0.6) is 5.75 Å². The van der Waals surface area contributed by atoms with Crippen molar-refractivity contribution in [1.29, 1.82) is 0 Å². The van der Waals surface area contributed by atoms with Gasteiger partial charge in [0.15, 0.2) is 5.11 Å². The number of carbonyl (C=O) groups excluding carboxylic acids is 2. The van der Waals surface area contributed by atoms with E-state index in [0.29, 0.717) is 22.9 Å². The summed E-state index contributed by atoms with van der Waals surface area (Å²) in [6.07, 6.45) is 1.51. The lowest BCUT2D eigenvalue weighted by Crippen LogP contribution is -2.54. The lowest BCUT2D eigenvalue weighted by molar-refractivity contribution is -0.122. The molecule has 2 amide bonds. The molecule has 1 fully saturated rings. The van der Waals surface area contributed by atoms with Gasteiger partial charge in [0.05, 0.1) is 5.69 Å². The number of rotatable bonds is 6. The number of aryl methyl sites for hydroxylation is 1. The Morgan fingerprint density at radius 2 is 1.69 bits per heavy atom. The molecule has 0 saturated carbocycles. The van der Waals surface area contributed by atoms with Gasteiger partial charge < -0.3 is 9.30 Å². The third-order valence-electron chi connectivity index (χ3n) is 6.38. The summed E-state index contributed by atoms with van der Waals surface area (Å²) in [4.78, 5) is 27.0. The second-order valence-electron chi connectivity index (χ2n) is 8.98. The van der Waals surface area contributed by atoms with Crippen molar-refractivity contribution in [3.8, 4) is 11.4 Å². The molecule has 1 aliphatic heterocycles. The fourth-order valence-electron chi connectivity index (χ4n) is 4.43. The van der Waals surface area contributed by atoms with Gasteiger partial charge in [0.1, 0.15) is 23.7 Å². The molecule has 0 atom stereocenters. The number of ether oxygens (including phenoxy) is 1. The SMILES string of the molecule is Cc1cc(/C=C2\C(=O)NC(=S)N(c3ccccc3F)C2=O)c(C)n1-c1ccc(OCc2ccc(Cl)cc2)cc1. The zero-order valence-corrected chi connectivity index (χ0v) is 22.6. The van der Waals surface area contributed by atoms with Crippen LogP contribution in [-0.2, 0) is 16.2 Å². The largest absolute Gasteiger partial charge is 0.489 e. The topological polar surface area (TPSA) is 63.6 Å². The van der Waals surface area contributed by atoms with Crippen molar-refractivity contribution in [2.45, 2.75) is 20.5 Å². The van der Waals surface area contributed by atoms with E-state index in [0.717, 1.165) is 27.5 Å². The van der Waals surface area contributed by atoms with E-state index in [1.807, 2.05) is 73.0 Å². The van der Waals surface area contributed by atoms with Crippen LogP contribution >= 0.6 is 23.8 Å². The van der Waals surface area contributed by atoms with Crippen LogP contribution in [-0.4, -0.2) is 21.5 Å². The summed E-state index contributed by atoms with van der Waals surface area (Å²) in [6, 6.07) is 22.8. The summed E-state index contributed by atoms with van der Waals surface area (Å²) < 4.78 is 22.4. The van der Waals surface area contributed by atoms with E-state index in [4.69, 9.17) is 28.6 Å². The zero-order chi connectivity index (χ0) is 27.7. The molecule has 1 N–H and O–H groups in total. The average Bonchev–Trinajstić information content (AvgIpc) is 3.20. The van der Waals surface area contributed by atoms with Gasteiger partial charge in [-0.1, -0.05) is 35.9 Å². The molecule has 1 saturated heterocycles. The van der Waals surface area contributed by atoms with Crippen LogP contribution in [0.25, 0.3) is 11.8 Å². The minimum atomic E-state index is -0.694. The first-order valence-electron chi connectivity index (χ1n) is 12.1. The molecule has 0 spiro atoms. The molecule has 5 rings (SSSR count). The normalized spacial score (nSPS) is 14.6. The molecule has 1 aromatic heterocycles. The van der Waals surface area contributed by atoms with Gasteiger partial charge in [0.2, 0.25) is 0 Å². The molecule has 0 bridgehead atoms. The molecule has 0 aliphatic carbocycles. The predicted octanol–water partition coefficient (Wildman–Crippen LogP) is 6.30. The molecule has 1 aliphatic rings. The fraction of sp³-hybridized carbons (Fsp3) is 0.100. The maximum atomic E-state index is 14.5. The Morgan fingerprint density at radius 3 is 2.38 bits per heavy atom. The number of nitrogens with one attached hydrogen (secondary N) is 1. The van der Waals surface area contributed by atoms with Crippen molar-refractivity contribution in [1.82, 2.24) is 9.88 Å². The van der Waals surface area contributed by atoms with Gasteiger partial charge in [0, 0.05) is 22.1 Å². The Kier molecular flexibility index (Phi) is 7.32. The number of amides is 2. The molecule has 0 radical (unpaired) electrons. The van der Waals surface area contributed by atoms with Crippen LogP contribution in [0, 0.1) is 19.7 Å². The van der Waals surface area contributed by atoms with Gasteiger partial charge >= 0.3 is 0 Å². The highest BCUT2D eigenvalue weighted by Gasteiger charge is 2.35. The average molecular weight is 560 g/mol. The van der Waals surface area contributed by atoms with Gasteiger partial charge in [-0.2, -0.15) is 0 Å². The Bertz CT molecular complexity index is 1630. The van der Waals surface area contributed by atoms with Gasteiger partial charge in [-0.15, -0.1) is 0 Å². The Balaban J connectivity index is 1.40. The standard InChI is InChI=1S/C30H23ClFN3O3S/c1-18-15-21(16-25-28(36)33-30(39)35(29(25)37)27-6-4-3-5-26(27)32)19(2)34(18)23-11-13-24(14-12-23)38-17-20-7-9-22(31)10-8-20/h3-16H,17H2,1-2H3,(H,33,36,39)/b25-16+. The van der Waals surface area contributed by atoms with Crippen LogP contribution in [0.1, 0.15) is 22.5 Å².